The first-order valence-corrected chi connectivity index (χ1v) is 6.45. The molecule has 0 aliphatic heterocycles. The second kappa shape index (κ2) is 4.78. The summed E-state index contributed by atoms with van der Waals surface area (Å²) in [6, 6.07) is 4.92. The lowest BCUT2D eigenvalue weighted by Gasteiger charge is -2.13. The minimum atomic E-state index is -0.183. The van der Waals surface area contributed by atoms with Crippen LogP contribution in [-0.4, -0.2) is 0 Å². The van der Waals surface area contributed by atoms with Gasteiger partial charge in [-0.2, -0.15) is 0 Å². The summed E-state index contributed by atoms with van der Waals surface area (Å²) in [4.78, 5) is 0. The summed E-state index contributed by atoms with van der Waals surface area (Å²) in [5.41, 5.74) is 7.18. The summed E-state index contributed by atoms with van der Waals surface area (Å²) >= 11 is 2.15. The number of rotatable bonds is 4. The largest absolute Gasteiger partial charge is 0.324 e. The van der Waals surface area contributed by atoms with Crippen molar-refractivity contribution in [1.82, 2.24) is 0 Å². The van der Waals surface area contributed by atoms with Crippen molar-refractivity contribution in [3.63, 3.8) is 0 Å². The van der Waals surface area contributed by atoms with Crippen molar-refractivity contribution in [2.75, 3.05) is 0 Å². The molecule has 1 saturated carbocycles. The van der Waals surface area contributed by atoms with E-state index in [-0.39, 0.29) is 11.9 Å². The molecule has 0 spiro atoms. The Morgan fingerprint density at radius 1 is 1.47 bits per heavy atom. The zero-order valence-corrected chi connectivity index (χ0v) is 10.7. The molecule has 1 aromatic carbocycles. The Labute approximate surface area is 103 Å². The van der Waals surface area contributed by atoms with E-state index in [1.807, 2.05) is 6.07 Å². The van der Waals surface area contributed by atoms with Crippen molar-refractivity contribution in [2.45, 2.75) is 31.7 Å². The van der Waals surface area contributed by atoms with Crippen LogP contribution in [0.4, 0.5) is 4.39 Å². The molecule has 82 valence electrons. The summed E-state index contributed by atoms with van der Waals surface area (Å²) in [5, 5.41) is 0. The maximum Gasteiger partial charge on any atom is 0.124 e. The SMILES string of the molecule is NC(CCC1CC1)c1ccc(F)cc1I. The van der Waals surface area contributed by atoms with Gasteiger partial charge in [-0.05, 0) is 59.0 Å². The Bertz CT molecular complexity index is 349. The van der Waals surface area contributed by atoms with Gasteiger partial charge in [0.2, 0.25) is 0 Å². The van der Waals surface area contributed by atoms with Gasteiger partial charge in [-0.15, -0.1) is 0 Å². The van der Waals surface area contributed by atoms with Gasteiger partial charge in [-0.3, -0.25) is 0 Å². The van der Waals surface area contributed by atoms with E-state index in [0.717, 1.165) is 21.5 Å². The maximum atomic E-state index is 12.9. The van der Waals surface area contributed by atoms with Crippen molar-refractivity contribution in [3.8, 4) is 0 Å². The molecule has 0 amide bonds. The van der Waals surface area contributed by atoms with Crippen LogP contribution in [0.1, 0.15) is 37.3 Å². The van der Waals surface area contributed by atoms with Gasteiger partial charge < -0.3 is 5.73 Å². The zero-order valence-electron chi connectivity index (χ0n) is 8.55. The first-order valence-electron chi connectivity index (χ1n) is 5.37. The molecule has 0 bridgehead atoms. The van der Waals surface area contributed by atoms with Gasteiger partial charge in [0.15, 0.2) is 0 Å². The van der Waals surface area contributed by atoms with Crippen LogP contribution in [-0.2, 0) is 0 Å². The van der Waals surface area contributed by atoms with Crippen LogP contribution in [0.5, 0.6) is 0 Å². The Kier molecular flexibility index (Phi) is 3.61. The lowest BCUT2D eigenvalue weighted by molar-refractivity contribution is 0.570. The van der Waals surface area contributed by atoms with E-state index in [2.05, 4.69) is 22.6 Å². The molecule has 15 heavy (non-hydrogen) atoms. The smallest absolute Gasteiger partial charge is 0.124 e. The highest BCUT2D eigenvalue weighted by Gasteiger charge is 2.22. The van der Waals surface area contributed by atoms with Crippen molar-refractivity contribution in [1.29, 1.82) is 0 Å². The molecule has 0 heterocycles. The van der Waals surface area contributed by atoms with Crippen molar-refractivity contribution >= 4 is 22.6 Å². The molecule has 1 unspecified atom stereocenters. The first kappa shape index (κ1) is 11.3. The third-order valence-electron chi connectivity index (χ3n) is 2.94. The molecule has 3 heteroatoms. The van der Waals surface area contributed by atoms with Gasteiger partial charge in [-0.1, -0.05) is 18.9 Å². The predicted octanol–water partition coefficient (Wildman–Crippen LogP) is 3.62. The van der Waals surface area contributed by atoms with Crippen molar-refractivity contribution in [2.24, 2.45) is 11.7 Å². The Morgan fingerprint density at radius 2 is 2.20 bits per heavy atom. The molecule has 1 aliphatic carbocycles. The molecule has 0 aromatic heterocycles. The molecule has 0 radical (unpaired) electrons. The second-order valence-electron chi connectivity index (χ2n) is 4.29. The normalized spacial score (nSPS) is 17.8. The van der Waals surface area contributed by atoms with Crippen LogP contribution < -0.4 is 5.73 Å². The third kappa shape index (κ3) is 3.14. The number of benzene rings is 1. The van der Waals surface area contributed by atoms with Crippen LogP contribution in [0.3, 0.4) is 0 Å². The Balaban J connectivity index is 1.99. The highest BCUT2D eigenvalue weighted by Crippen LogP contribution is 2.35. The van der Waals surface area contributed by atoms with Crippen molar-refractivity contribution < 1.29 is 4.39 Å². The summed E-state index contributed by atoms with van der Waals surface area (Å²) in [6.07, 6.45) is 4.97. The zero-order chi connectivity index (χ0) is 10.8. The molecule has 1 fully saturated rings. The second-order valence-corrected chi connectivity index (χ2v) is 5.46. The van der Waals surface area contributed by atoms with Crippen LogP contribution in [0.2, 0.25) is 0 Å². The average Bonchev–Trinajstić information content (AvgIpc) is 2.97. The minimum absolute atomic E-state index is 0.0677. The van der Waals surface area contributed by atoms with Gasteiger partial charge >= 0.3 is 0 Å². The molecule has 0 saturated heterocycles. The van der Waals surface area contributed by atoms with Crippen LogP contribution in [0.25, 0.3) is 0 Å². The molecule has 1 aromatic rings. The Hall–Kier alpha value is -0.160. The summed E-state index contributed by atoms with van der Waals surface area (Å²) in [6.45, 7) is 0. The minimum Gasteiger partial charge on any atom is -0.324 e. The van der Waals surface area contributed by atoms with Gasteiger partial charge in [0, 0.05) is 9.61 Å². The van der Waals surface area contributed by atoms with E-state index in [9.17, 15) is 4.39 Å². The number of hydrogen-bond donors (Lipinski definition) is 1. The summed E-state index contributed by atoms with van der Waals surface area (Å²) in [7, 11) is 0. The molecule has 1 nitrogen and oxygen atoms in total. The number of hydrogen-bond acceptors (Lipinski definition) is 1. The highest BCUT2D eigenvalue weighted by atomic mass is 127. The average molecular weight is 319 g/mol. The Morgan fingerprint density at radius 3 is 2.80 bits per heavy atom. The fourth-order valence-electron chi connectivity index (χ4n) is 1.78. The van der Waals surface area contributed by atoms with E-state index >= 15 is 0 Å². The highest BCUT2D eigenvalue weighted by molar-refractivity contribution is 14.1. The topological polar surface area (TPSA) is 26.0 Å². The number of nitrogens with two attached hydrogens (primary N) is 1. The standard InChI is InChI=1S/C12H15FIN/c13-9-4-5-10(11(14)7-9)12(15)6-3-8-1-2-8/h4-5,7-8,12H,1-3,6,15H2. The van der Waals surface area contributed by atoms with Crippen LogP contribution in [0.15, 0.2) is 18.2 Å². The summed E-state index contributed by atoms with van der Waals surface area (Å²) < 4.78 is 13.8. The molecule has 1 aliphatic rings. The molecular weight excluding hydrogens is 304 g/mol. The maximum absolute atomic E-state index is 12.9. The quantitative estimate of drug-likeness (QED) is 0.843. The predicted molar refractivity (Wildman–Crippen MR) is 68.0 cm³/mol. The van der Waals surface area contributed by atoms with E-state index < -0.39 is 0 Å². The van der Waals surface area contributed by atoms with E-state index in [0.29, 0.717) is 0 Å². The third-order valence-corrected chi connectivity index (χ3v) is 3.88. The fraction of sp³-hybridized carbons (Fsp3) is 0.500. The molecule has 1 atom stereocenters. The molecule has 2 N–H and O–H groups in total. The number of halogens is 2. The lowest BCUT2D eigenvalue weighted by atomic mass is 10.0. The van der Waals surface area contributed by atoms with Gasteiger partial charge in [0.1, 0.15) is 5.82 Å². The first-order chi connectivity index (χ1) is 7.16. The van der Waals surface area contributed by atoms with Crippen LogP contribution >= 0.6 is 22.6 Å². The van der Waals surface area contributed by atoms with Gasteiger partial charge in [-0.25, -0.2) is 4.39 Å². The monoisotopic (exact) mass is 319 g/mol. The fourth-order valence-corrected chi connectivity index (χ4v) is 2.66. The lowest BCUT2D eigenvalue weighted by Crippen LogP contribution is -2.12. The van der Waals surface area contributed by atoms with E-state index in [1.54, 1.807) is 6.07 Å². The molecular formula is C12H15FIN. The van der Waals surface area contributed by atoms with Gasteiger partial charge in [0.05, 0.1) is 0 Å². The summed E-state index contributed by atoms with van der Waals surface area (Å²) in [5.74, 6) is 0.728. The van der Waals surface area contributed by atoms with Crippen molar-refractivity contribution in [3.05, 3.63) is 33.1 Å². The molecule has 2 rings (SSSR count). The van der Waals surface area contributed by atoms with E-state index in [1.165, 1.54) is 25.3 Å². The van der Waals surface area contributed by atoms with Crippen LogP contribution in [0, 0.1) is 15.3 Å². The van der Waals surface area contributed by atoms with Gasteiger partial charge in [0.25, 0.3) is 0 Å². The van der Waals surface area contributed by atoms with E-state index in [4.69, 9.17) is 5.73 Å².